The van der Waals surface area contributed by atoms with Crippen molar-refractivity contribution in [3.63, 3.8) is 0 Å². The smallest absolute Gasteiger partial charge is 0.251 e. The van der Waals surface area contributed by atoms with Crippen molar-refractivity contribution in [1.82, 2.24) is 15.3 Å². The summed E-state index contributed by atoms with van der Waals surface area (Å²) in [6.45, 7) is 3.65. The molecule has 0 atom stereocenters. The molecule has 1 amide bonds. The summed E-state index contributed by atoms with van der Waals surface area (Å²) in [5, 5.41) is 4.09. The molecule has 1 saturated heterocycles. The number of ketones is 1. The van der Waals surface area contributed by atoms with Crippen molar-refractivity contribution >= 4 is 40.9 Å². The van der Waals surface area contributed by atoms with Crippen molar-refractivity contribution in [2.75, 3.05) is 24.5 Å². The lowest BCUT2D eigenvalue weighted by Crippen LogP contribution is -2.47. The zero-order valence-electron chi connectivity index (χ0n) is 27.0. The van der Waals surface area contributed by atoms with Gasteiger partial charge < -0.3 is 10.2 Å². The molecule has 0 bridgehead atoms. The molecule has 1 aliphatic rings. The second kappa shape index (κ2) is 15.6. The van der Waals surface area contributed by atoms with Gasteiger partial charge in [0.2, 0.25) is 0 Å². The van der Waals surface area contributed by atoms with Crippen LogP contribution in [0.15, 0.2) is 126 Å². The quantitative estimate of drug-likeness (QED) is 0.0813. The van der Waals surface area contributed by atoms with Crippen molar-refractivity contribution in [2.45, 2.75) is 48.4 Å². The topological polar surface area (TPSA) is 75.2 Å². The molecule has 6 rings (SSSR count). The molecule has 0 aliphatic carbocycles. The lowest BCUT2D eigenvalue weighted by Gasteiger charge is -2.41. The first-order chi connectivity index (χ1) is 23.4. The van der Waals surface area contributed by atoms with Crippen molar-refractivity contribution in [3.8, 4) is 0 Å². The number of anilines is 1. The SMILES string of the molecule is CC(=O)C1(c2ccccc2)CCN(c2cc(Cl)nc(SCc3cccc(C(=O)NCCC(c4ccccc4)c4ccccc4)c3)n2)CC1. The summed E-state index contributed by atoms with van der Waals surface area (Å²) >= 11 is 7.96. The molecule has 0 spiro atoms. The highest BCUT2D eigenvalue weighted by Crippen LogP contribution is 2.38. The molecule has 0 saturated carbocycles. The zero-order valence-corrected chi connectivity index (χ0v) is 28.6. The van der Waals surface area contributed by atoms with E-state index in [0.29, 0.717) is 54.1 Å². The van der Waals surface area contributed by atoms with Gasteiger partial charge in [-0.3, -0.25) is 9.59 Å². The molecular formula is C40H39ClN4O2S. The number of aromatic nitrogens is 2. The monoisotopic (exact) mass is 674 g/mol. The summed E-state index contributed by atoms with van der Waals surface area (Å²) in [7, 11) is 0. The van der Waals surface area contributed by atoms with Gasteiger partial charge in [0.25, 0.3) is 5.91 Å². The summed E-state index contributed by atoms with van der Waals surface area (Å²) in [5.41, 5.74) is 4.69. The van der Waals surface area contributed by atoms with Gasteiger partial charge in [0.15, 0.2) is 5.16 Å². The number of hydrogen-bond donors (Lipinski definition) is 1. The predicted molar refractivity (Wildman–Crippen MR) is 195 cm³/mol. The van der Waals surface area contributed by atoms with E-state index >= 15 is 0 Å². The number of nitrogens with zero attached hydrogens (tertiary/aromatic N) is 3. The summed E-state index contributed by atoms with van der Waals surface area (Å²) < 4.78 is 0. The van der Waals surface area contributed by atoms with E-state index in [1.54, 1.807) is 13.0 Å². The number of halogens is 1. The highest BCUT2D eigenvalue weighted by Gasteiger charge is 2.40. The Morgan fingerprint density at radius 2 is 1.46 bits per heavy atom. The van der Waals surface area contributed by atoms with Gasteiger partial charge >= 0.3 is 0 Å². The van der Waals surface area contributed by atoms with Crippen LogP contribution in [0, 0.1) is 0 Å². The molecule has 1 N–H and O–H groups in total. The van der Waals surface area contributed by atoms with E-state index in [9.17, 15) is 9.59 Å². The first kappa shape index (κ1) is 33.4. The van der Waals surface area contributed by atoms with Crippen molar-refractivity contribution in [2.24, 2.45) is 0 Å². The summed E-state index contributed by atoms with van der Waals surface area (Å²) in [5.74, 6) is 1.66. The Hall–Kier alpha value is -4.46. The van der Waals surface area contributed by atoms with Crippen LogP contribution in [0.1, 0.15) is 64.7 Å². The second-order valence-corrected chi connectivity index (χ2v) is 13.6. The van der Waals surface area contributed by atoms with Gasteiger partial charge in [0.1, 0.15) is 16.8 Å². The van der Waals surface area contributed by atoms with E-state index in [2.05, 4.69) is 75.9 Å². The summed E-state index contributed by atoms with van der Waals surface area (Å²) in [6.07, 6.45) is 2.22. The Bertz CT molecular complexity index is 1790. The van der Waals surface area contributed by atoms with Crippen molar-refractivity contribution in [3.05, 3.63) is 154 Å². The molecule has 8 heteroatoms. The van der Waals surface area contributed by atoms with Gasteiger partial charge in [-0.2, -0.15) is 0 Å². The third kappa shape index (κ3) is 7.97. The van der Waals surface area contributed by atoms with Gasteiger partial charge in [-0.1, -0.05) is 126 Å². The van der Waals surface area contributed by atoms with E-state index in [0.717, 1.165) is 23.4 Å². The van der Waals surface area contributed by atoms with Gasteiger partial charge in [-0.15, -0.1) is 0 Å². The summed E-state index contributed by atoms with van der Waals surface area (Å²) in [6, 6.07) is 40.4. The molecule has 1 aromatic heterocycles. The maximum atomic E-state index is 13.2. The number of nitrogens with one attached hydrogen (secondary N) is 1. The van der Waals surface area contributed by atoms with Gasteiger partial charge in [-0.05, 0) is 60.6 Å². The van der Waals surface area contributed by atoms with Crippen LogP contribution in [-0.4, -0.2) is 41.3 Å². The standard InChI is InChI=1S/C40H39ClN4O2S/c1-29(46)40(34-18-9-4-10-19-34)21-24-45(25-22-40)37-27-36(41)43-39(44-37)48-28-30-12-11-17-33(26-30)38(47)42-23-20-35(31-13-5-2-6-14-31)32-15-7-3-8-16-32/h2-19,26-27,35H,20-25,28H2,1H3,(H,42,47). The fourth-order valence-electron chi connectivity index (χ4n) is 6.61. The van der Waals surface area contributed by atoms with Crippen LogP contribution in [0.5, 0.6) is 0 Å². The van der Waals surface area contributed by atoms with Crippen LogP contribution >= 0.6 is 23.4 Å². The number of thioether (sulfide) groups is 1. The Kier molecular flexibility index (Phi) is 10.9. The Labute approximate surface area is 292 Å². The highest BCUT2D eigenvalue weighted by molar-refractivity contribution is 7.98. The van der Waals surface area contributed by atoms with E-state index in [4.69, 9.17) is 16.6 Å². The van der Waals surface area contributed by atoms with Gasteiger partial charge in [0.05, 0.1) is 5.41 Å². The fraction of sp³-hybridized carbons (Fsp3) is 0.250. The molecular weight excluding hydrogens is 636 g/mol. The Morgan fingerprint density at radius 3 is 2.08 bits per heavy atom. The van der Waals surface area contributed by atoms with Crippen LogP contribution < -0.4 is 10.2 Å². The van der Waals surface area contributed by atoms with Crippen LogP contribution in [0.25, 0.3) is 0 Å². The van der Waals surface area contributed by atoms with Crippen molar-refractivity contribution < 1.29 is 9.59 Å². The largest absolute Gasteiger partial charge is 0.356 e. The lowest BCUT2D eigenvalue weighted by molar-refractivity contribution is -0.123. The maximum absolute atomic E-state index is 13.2. The minimum atomic E-state index is -0.477. The molecule has 2 heterocycles. The first-order valence-electron chi connectivity index (χ1n) is 16.4. The zero-order chi connectivity index (χ0) is 33.3. The number of benzene rings is 4. The fourth-order valence-corrected chi connectivity index (χ4v) is 7.63. The number of Topliss-reactive ketones (excluding diaryl/α,β-unsaturated/α-hetero) is 1. The van der Waals surface area contributed by atoms with Crippen LogP contribution in [-0.2, 0) is 16.0 Å². The number of carbonyl (C=O) groups is 2. The molecule has 0 unspecified atom stereocenters. The van der Waals surface area contributed by atoms with Gasteiger partial charge in [-0.25, -0.2) is 9.97 Å². The van der Waals surface area contributed by atoms with Crippen LogP contribution in [0.2, 0.25) is 5.15 Å². The van der Waals surface area contributed by atoms with E-state index in [-0.39, 0.29) is 17.6 Å². The lowest BCUT2D eigenvalue weighted by atomic mass is 9.70. The average Bonchev–Trinajstić information content (AvgIpc) is 3.13. The normalized spacial score (nSPS) is 14.1. The number of hydrogen-bond acceptors (Lipinski definition) is 6. The Morgan fingerprint density at radius 1 is 0.833 bits per heavy atom. The minimum Gasteiger partial charge on any atom is -0.356 e. The number of amides is 1. The molecule has 5 aromatic rings. The third-order valence-electron chi connectivity index (χ3n) is 9.28. The summed E-state index contributed by atoms with van der Waals surface area (Å²) in [4.78, 5) is 37.5. The highest BCUT2D eigenvalue weighted by atomic mass is 35.5. The number of rotatable bonds is 12. The van der Waals surface area contributed by atoms with E-state index < -0.39 is 5.41 Å². The molecule has 4 aromatic carbocycles. The number of carbonyl (C=O) groups excluding carboxylic acids is 2. The molecule has 0 radical (unpaired) electrons. The maximum Gasteiger partial charge on any atom is 0.251 e. The second-order valence-electron chi connectivity index (χ2n) is 12.2. The van der Waals surface area contributed by atoms with E-state index in [1.165, 1.54) is 22.9 Å². The molecule has 48 heavy (non-hydrogen) atoms. The minimum absolute atomic E-state index is 0.0924. The van der Waals surface area contributed by atoms with Crippen molar-refractivity contribution in [1.29, 1.82) is 0 Å². The molecule has 244 valence electrons. The number of piperidine rings is 1. The molecule has 6 nitrogen and oxygen atoms in total. The van der Waals surface area contributed by atoms with Gasteiger partial charge in [0, 0.05) is 42.9 Å². The average molecular weight is 675 g/mol. The Balaban J connectivity index is 1.06. The molecule has 1 fully saturated rings. The first-order valence-corrected chi connectivity index (χ1v) is 17.7. The van der Waals surface area contributed by atoms with E-state index in [1.807, 2.05) is 54.6 Å². The third-order valence-corrected chi connectivity index (χ3v) is 10.4. The predicted octanol–water partition coefficient (Wildman–Crippen LogP) is 8.50. The molecule has 1 aliphatic heterocycles. The van der Waals surface area contributed by atoms with Crippen LogP contribution in [0.3, 0.4) is 0 Å². The van der Waals surface area contributed by atoms with Crippen LogP contribution in [0.4, 0.5) is 5.82 Å².